The Morgan fingerprint density at radius 3 is 2.33 bits per heavy atom. The van der Waals surface area contributed by atoms with Crippen LogP contribution in [0.2, 0.25) is 0 Å². The highest BCUT2D eigenvalue weighted by Gasteiger charge is 2.20. The van der Waals surface area contributed by atoms with Crippen molar-refractivity contribution in [2.24, 2.45) is 5.41 Å². The first-order chi connectivity index (χ1) is 11.3. The number of amides is 2. The monoisotopic (exact) mass is 334 g/mol. The van der Waals surface area contributed by atoms with E-state index in [0.717, 1.165) is 5.56 Å². The van der Waals surface area contributed by atoms with Gasteiger partial charge in [-0.05, 0) is 12.0 Å². The molecule has 0 spiro atoms. The van der Waals surface area contributed by atoms with Crippen LogP contribution in [-0.2, 0) is 25.7 Å². The van der Waals surface area contributed by atoms with Gasteiger partial charge in [0, 0.05) is 18.4 Å². The molecule has 1 rings (SSSR count). The Kier molecular flexibility index (Phi) is 7.95. The van der Waals surface area contributed by atoms with Crippen LogP contribution in [0.15, 0.2) is 30.3 Å². The molecule has 6 nitrogen and oxygen atoms in total. The lowest BCUT2D eigenvalue weighted by Crippen LogP contribution is -2.36. The molecule has 0 aliphatic carbocycles. The van der Waals surface area contributed by atoms with Crippen molar-refractivity contribution in [2.75, 3.05) is 13.1 Å². The Hall–Kier alpha value is -2.37. The van der Waals surface area contributed by atoms with Gasteiger partial charge < -0.3 is 15.4 Å². The number of esters is 1. The van der Waals surface area contributed by atoms with Gasteiger partial charge in [-0.1, -0.05) is 51.1 Å². The first-order valence-corrected chi connectivity index (χ1v) is 8.03. The summed E-state index contributed by atoms with van der Waals surface area (Å²) in [6.07, 6.45) is 0.767. The highest BCUT2D eigenvalue weighted by molar-refractivity contribution is 5.82. The summed E-state index contributed by atoms with van der Waals surface area (Å²) in [4.78, 5) is 34.8. The van der Waals surface area contributed by atoms with Gasteiger partial charge in [-0.15, -0.1) is 0 Å². The third-order valence-corrected chi connectivity index (χ3v) is 3.22. The molecule has 1 aromatic carbocycles. The summed E-state index contributed by atoms with van der Waals surface area (Å²) in [7, 11) is 0. The summed E-state index contributed by atoms with van der Waals surface area (Å²) >= 11 is 0. The molecule has 0 heterocycles. The molecular formula is C18H26N2O4. The molecule has 0 fully saturated rings. The Bertz CT molecular complexity index is 550. The molecule has 0 atom stereocenters. The minimum absolute atomic E-state index is 0.0487. The number of benzene rings is 1. The molecule has 0 unspecified atom stereocenters. The Balaban J connectivity index is 2.11. The van der Waals surface area contributed by atoms with Crippen molar-refractivity contribution in [2.45, 2.75) is 40.2 Å². The summed E-state index contributed by atoms with van der Waals surface area (Å²) in [6, 6.07) is 9.33. The number of carbonyl (C=O) groups is 3. The summed E-state index contributed by atoms with van der Waals surface area (Å²) in [6.45, 7) is 5.96. The van der Waals surface area contributed by atoms with E-state index < -0.39 is 11.4 Å². The van der Waals surface area contributed by atoms with Crippen LogP contribution in [0.5, 0.6) is 0 Å². The minimum Gasteiger partial charge on any atom is -0.460 e. The fraction of sp³-hybridized carbons (Fsp3) is 0.500. The van der Waals surface area contributed by atoms with Gasteiger partial charge in [-0.2, -0.15) is 0 Å². The SMILES string of the molecule is CC(C)(C)C(=O)NCCCC(=O)NCC(=O)OCc1ccccc1. The lowest BCUT2D eigenvalue weighted by molar-refractivity contribution is -0.145. The van der Waals surface area contributed by atoms with E-state index in [4.69, 9.17) is 4.74 Å². The lowest BCUT2D eigenvalue weighted by Gasteiger charge is -2.17. The first kappa shape index (κ1) is 19.7. The summed E-state index contributed by atoms with van der Waals surface area (Å²) < 4.78 is 5.06. The maximum absolute atomic E-state index is 11.6. The van der Waals surface area contributed by atoms with E-state index in [-0.39, 0.29) is 31.4 Å². The van der Waals surface area contributed by atoms with Crippen LogP contribution in [-0.4, -0.2) is 30.9 Å². The highest BCUT2D eigenvalue weighted by atomic mass is 16.5. The molecule has 0 saturated heterocycles. The van der Waals surface area contributed by atoms with Crippen molar-refractivity contribution in [3.63, 3.8) is 0 Å². The second kappa shape index (κ2) is 9.70. The molecular weight excluding hydrogens is 308 g/mol. The highest BCUT2D eigenvalue weighted by Crippen LogP contribution is 2.12. The smallest absolute Gasteiger partial charge is 0.325 e. The molecule has 0 aliphatic heterocycles. The van der Waals surface area contributed by atoms with Crippen LogP contribution in [0.3, 0.4) is 0 Å². The van der Waals surface area contributed by atoms with E-state index in [1.165, 1.54) is 0 Å². The molecule has 0 saturated carbocycles. The predicted molar refractivity (Wildman–Crippen MR) is 90.9 cm³/mol. The van der Waals surface area contributed by atoms with Gasteiger partial charge in [0.25, 0.3) is 0 Å². The van der Waals surface area contributed by atoms with E-state index >= 15 is 0 Å². The molecule has 6 heteroatoms. The maximum atomic E-state index is 11.6. The number of carbonyl (C=O) groups excluding carboxylic acids is 3. The topological polar surface area (TPSA) is 84.5 Å². The molecule has 0 bridgehead atoms. The van der Waals surface area contributed by atoms with Gasteiger partial charge in [-0.25, -0.2) is 0 Å². The van der Waals surface area contributed by atoms with Crippen LogP contribution < -0.4 is 10.6 Å². The van der Waals surface area contributed by atoms with Gasteiger partial charge >= 0.3 is 5.97 Å². The van der Waals surface area contributed by atoms with Crippen LogP contribution in [0.4, 0.5) is 0 Å². The molecule has 0 aliphatic rings. The van der Waals surface area contributed by atoms with E-state index in [1.54, 1.807) is 0 Å². The van der Waals surface area contributed by atoms with Gasteiger partial charge in [0.1, 0.15) is 13.2 Å². The standard InChI is InChI=1S/C18H26N2O4/c1-18(2,3)17(23)19-11-7-10-15(21)20-12-16(22)24-13-14-8-5-4-6-9-14/h4-6,8-9H,7,10-13H2,1-3H3,(H,19,23)(H,20,21). The van der Waals surface area contributed by atoms with Crippen molar-refractivity contribution in [1.82, 2.24) is 10.6 Å². The van der Waals surface area contributed by atoms with E-state index in [1.807, 2.05) is 51.1 Å². The van der Waals surface area contributed by atoms with Gasteiger partial charge in [0.2, 0.25) is 11.8 Å². The zero-order valence-electron chi connectivity index (χ0n) is 14.6. The zero-order valence-corrected chi connectivity index (χ0v) is 14.6. The second-order valence-corrected chi connectivity index (χ2v) is 6.53. The summed E-state index contributed by atoms with van der Waals surface area (Å²) in [5.74, 6) is -0.766. The van der Waals surface area contributed by atoms with E-state index in [2.05, 4.69) is 10.6 Å². The van der Waals surface area contributed by atoms with Crippen molar-refractivity contribution < 1.29 is 19.1 Å². The number of hydrogen-bond donors (Lipinski definition) is 2. The molecule has 132 valence electrons. The van der Waals surface area contributed by atoms with Crippen LogP contribution in [0.25, 0.3) is 0 Å². The Labute approximate surface area is 143 Å². The fourth-order valence-electron chi connectivity index (χ4n) is 1.76. The van der Waals surface area contributed by atoms with Gasteiger partial charge in [0.05, 0.1) is 0 Å². The largest absolute Gasteiger partial charge is 0.460 e. The predicted octanol–water partition coefficient (Wildman–Crippen LogP) is 1.79. The zero-order chi connectivity index (χ0) is 18.0. The van der Waals surface area contributed by atoms with Crippen molar-refractivity contribution in [1.29, 1.82) is 0 Å². The summed E-state index contributed by atoms with van der Waals surface area (Å²) in [5.41, 5.74) is 0.455. The molecule has 1 aromatic rings. The summed E-state index contributed by atoms with van der Waals surface area (Å²) in [5, 5.41) is 5.28. The third kappa shape index (κ3) is 8.31. The minimum atomic E-state index is -0.478. The van der Waals surface area contributed by atoms with E-state index in [9.17, 15) is 14.4 Å². The first-order valence-electron chi connectivity index (χ1n) is 8.03. The molecule has 2 N–H and O–H groups in total. The van der Waals surface area contributed by atoms with Crippen LogP contribution >= 0.6 is 0 Å². The van der Waals surface area contributed by atoms with Crippen molar-refractivity contribution in [3.8, 4) is 0 Å². The number of hydrogen-bond acceptors (Lipinski definition) is 4. The number of nitrogens with one attached hydrogen (secondary N) is 2. The second-order valence-electron chi connectivity index (χ2n) is 6.53. The molecule has 2 amide bonds. The van der Waals surface area contributed by atoms with E-state index in [0.29, 0.717) is 13.0 Å². The average Bonchev–Trinajstić information content (AvgIpc) is 2.54. The van der Waals surface area contributed by atoms with Gasteiger partial charge in [0.15, 0.2) is 0 Å². The normalized spacial score (nSPS) is 10.8. The van der Waals surface area contributed by atoms with Gasteiger partial charge in [-0.3, -0.25) is 14.4 Å². The average molecular weight is 334 g/mol. The molecule has 0 aromatic heterocycles. The Morgan fingerprint density at radius 2 is 1.71 bits per heavy atom. The van der Waals surface area contributed by atoms with Crippen molar-refractivity contribution in [3.05, 3.63) is 35.9 Å². The lowest BCUT2D eigenvalue weighted by atomic mass is 9.96. The third-order valence-electron chi connectivity index (χ3n) is 3.22. The fourth-order valence-corrected chi connectivity index (χ4v) is 1.76. The molecule has 0 radical (unpaired) electrons. The number of ether oxygens (including phenoxy) is 1. The van der Waals surface area contributed by atoms with Crippen LogP contribution in [0, 0.1) is 5.41 Å². The maximum Gasteiger partial charge on any atom is 0.325 e. The van der Waals surface area contributed by atoms with Crippen LogP contribution in [0.1, 0.15) is 39.2 Å². The Morgan fingerprint density at radius 1 is 1.04 bits per heavy atom. The molecule has 24 heavy (non-hydrogen) atoms. The quantitative estimate of drug-likeness (QED) is 0.561. The van der Waals surface area contributed by atoms with Crippen molar-refractivity contribution >= 4 is 17.8 Å². The number of rotatable bonds is 8.